The van der Waals surface area contributed by atoms with Gasteiger partial charge in [-0.25, -0.2) is 0 Å². The number of para-hydroxylation sites is 1. The van der Waals surface area contributed by atoms with E-state index in [1.54, 1.807) is 0 Å². The summed E-state index contributed by atoms with van der Waals surface area (Å²) in [4.78, 5) is 0. The molecule has 0 bridgehead atoms. The monoisotopic (exact) mass is 386 g/mol. The Morgan fingerprint density at radius 2 is 1.36 bits per heavy atom. The van der Waals surface area contributed by atoms with E-state index in [2.05, 4.69) is 83.5 Å². The molecule has 0 amide bonds. The lowest BCUT2D eigenvalue weighted by molar-refractivity contribution is 0.672. The van der Waals surface area contributed by atoms with Crippen LogP contribution < -0.4 is 0 Å². The smallest absolute Gasteiger partial charge is 0.143 e. The van der Waals surface area contributed by atoms with E-state index in [1.165, 1.54) is 27.5 Å². The fraction of sp³-hybridized carbons (Fsp3) is 0.0435. The Bertz CT molecular complexity index is 1260. The first-order chi connectivity index (χ1) is 12.3. The van der Waals surface area contributed by atoms with Gasteiger partial charge in [0.05, 0.1) is 0 Å². The van der Waals surface area contributed by atoms with E-state index in [-0.39, 0.29) is 0 Å². The molecule has 1 aromatic heterocycles. The first kappa shape index (κ1) is 14.7. The highest BCUT2D eigenvalue weighted by Crippen LogP contribution is 2.46. The number of rotatable bonds is 1. The quantitative estimate of drug-likeness (QED) is 0.291. The highest BCUT2D eigenvalue weighted by molar-refractivity contribution is 9.10. The molecule has 0 saturated carbocycles. The van der Waals surface area contributed by atoms with Crippen molar-refractivity contribution in [1.82, 2.24) is 0 Å². The van der Waals surface area contributed by atoms with Crippen molar-refractivity contribution < 1.29 is 4.42 Å². The fourth-order valence-corrected chi connectivity index (χ4v) is 4.46. The molecule has 25 heavy (non-hydrogen) atoms. The molecule has 0 saturated heterocycles. The van der Waals surface area contributed by atoms with Gasteiger partial charge in [-0.1, -0.05) is 66.7 Å². The second kappa shape index (κ2) is 5.47. The van der Waals surface area contributed by atoms with Crippen LogP contribution in [-0.4, -0.2) is 0 Å². The summed E-state index contributed by atoms with van der Waals surface area (Å²) >= 11 is 3.90. The average Bonchev–Trinajstić information content (AvgIpc) is 3.03. The van der Waals surface area contributed by atoms with Crippen LogP contribution in [0, 0.1) is 6.92 Å². The summed E-state index contributed by atoms with van der Waals surface area (Å²) in [6.07, 6.45) is 0. The molecule has 0 aliphatic carbocycles. The number of hydrogen-bond donors (Lipinski definition) is 0. The van der Waals surface area contributed by atoms with E-state index in [0.717, 1.165) is 26.4 Å². The Kier molecular flexibility index (Phi) is 3.22. The van der Waals surface area contributed by atoms with Crippen molar-refractivity contribution in [2.75, 3.05) is 0 Å². The van der Waals surface area contributed by atoms with Crippen molar-refractivity contribution in [3.8, 4) is 11.1 Å². The van der Waals surface area contributed by atoms with Gasteiger partial charge in [-0.2, -0.15) is 0 Å². The molecule has 1 nitrogen and oxygen atoms in total. The van der Waals surface area contributed by atoms with Gasteiger partial charge >= 0.3 is 0 Å². The molecule has 4 aromatic carbocycles. The van der Waals surface area contributed by atoms with Crippen molar-refractivity contribution in [2.45, 2.75) is 6.92 Å². The number of hydrogen-bond acceptors (Lipinski definition) is 1. The molecular formula is C23H15BrO. The summed E-state index contributed by atoms with van der Waals surface area (Å²) in [5.41, 5.74) is 5.58. The van der Waals surface area contributed by atoms with Gasteiger partial charge in [0.15, 0.2) is 0 Å². The molecule has 5 rings (SSSR count). The van der Waals surface area contributed by atoms with Crippen LogP contribution in [0.3, 0.4) is 0 Å². The summed E-state index contributed by atoms with van der Waals surface area (Å²) in [6.45, 7) is 2.16. The van der Waals surface area contributed by atoms with E-state index in [9.17, 15) is 0 Å². The summed E-state index contributed by atoms with van der Waals surface area (Å²) in [5.74, 6) is 0. The van der Waals surface area contributed by atoms with Crippen LogP contribution in [0.1, 0.15) is 5.56 Å². The molecule has 0 radical (unpaired) electrons. The lowest BCUT2D eigenvalue weighted by atomic mass is 9.93. The largest absolute Gasteiger partial charge is 0.455 e. The molecule has 1 heterocycles. The normalized spacial score (nSPS) is 11.6. The SMILES string of the molecule is Cc1ccccc1-c1c(Br)c2ccccc2c2oc3ccccc3c12. The van der Waals surface area contributed by atoms with Crippen LogP contribution in [0.5, 0.6) is 0 Å². The van der Waals surface area contributed by atoms with Crippen molar-refractivity contribution in [2.24, 2.45) is 0 Å². The molecule has 5 aromatic rings. The highest BCUT2D eigenvalue weighted by atomic mass is 79.9. The predicted molar refractivity (Wildman–Crippen MR) is 109 cm³/mol. The zero-order valence-electron chi connectivity index (χ0n) is 13.7. The molecule has 120 valence electrons. The Morgan fingerprint density at radius 3 is 2.16 bits per heavy atom. The maximum Gasteiger partial charge on any atom is 0.143 e. The molecule has 0 fully saturated rings. The number of furan rings is 1. The zero-order chi connectivity index (χ0) is 17.0. The minimum atomic E-state index is 0.926. The van der Waals surface area contributed by atoms with Crippen LogP contribution in [-0.2, 0) is 0 Å². The zero-order valence-corrected chi connectivity index (χ0v) is 15.3. The van der Waals surface area contributed by atoms with Gasteiger partial charge in [-0.15, -0.1) is 0 Å². The molecular weight excluding hydrogens is 372 g/mol. The lowest BCUT2D eigenvalue weighted by Crippen LogP contribution is -1.88. The molecule has 0 N–H and O–H groups in total. The molecule has 0 aliphatic rings. The van der Waals surface area contributed by atoms with Gasteiger partial charge in [0, 0.05) is 31.6 Å². The van der Waals surface area contributed by atoms with Crippen LogP contribution >= 0.6 is 15.9 Å². The second-order valence-corrected chi connectivity index (χ2v) is 7.14. The number of fused-ring (bicyclic) bond motifs is 5. The summed E-state index contributed by atoms with van der Waals surface area (Å²) in [5, 5.41) is 4.64. The van der Waals surface area contributed by atoms with Crippen molar-refractivity contribution in [1.29, 1.82) is 0 Å². The maximum atomic E-state index is 6.30. The minimum Gasteiger partial charge on any atom is -0.455 e. The standard InChI is InChI=1S/C23H15BrO/c1-14-8-2-3-9-15(14)20-21-18-12-6-7-13-19(18)25-23(21)17-11-5-4-10-16(17)22(20)24/h2-13H,1H3. The average molecular weight is 387 g/mol. The van der Waals surface area contributed by atoms with Gasteiger partial charge in [0.1, 0.15) is 11.2 Å². The Labute approximate surface area is 154 Å². The maximum absolute atomic E-state index is 6.30. The first-order valence-corrected chi connectivity index (χ1v) is 9.12. The van der Waals surface area contributed by atoms with Crippen molar-refractivity contribution in [3.05, 3.63) is 82.8 Å². The second-order valence-electron chi connectivity index (χ2n) is 6.35. The third kappa shape index (κ3) is 2.07. The fourth-order valence-electron chi connectivity index (χ4n) is 3.71. The molecule has 0 unspecified atom stereocenters. The van der Waals surface area contributed by atoms with Crippen LogP contribution in [0.25, 0.3) is 43.8 Å². The third-order valence-electron chi connectivity index (χ3n) is 4.89. The highest BCUT2D eigenvalue weighted by Gasteiger charge is 2.20. The van der Waals surface area contributed by atoms with Crippen molar-refractivity contribution >= 4 is 48.6 Å². The predicted octanol–water partition coefficient (Wildman–Crippen LogP) is 7.48. The van der Waals surface area contributed by atoms with Crippen LogP contribution in [0.15, 0.2) is 81.7 Å². The van der Waals surface area contributed by atoms with Gasteiger partial charge < -0.3 is 4.42 Å². The summed E-state index contributed by atoms with van der Waals surface area (Å²) < 4.78 is 7.42. The van der Waals surface area contributed by atoms with Gasteiger partial charge in [0.2, 0.25) is 0 Å². The van der Waals surface area contributed by atoms with Crippen LogP contribution in [0.4, 0.5) is 0 Å². The lowest BCUT2D eigenvalue weighted by Gasteiger charge is -2.13. The van der Waals surface area contributed by atoms with E-state index >= 15 is 0 Å². The molecule has 0 aliphatic heterocycles. The first-order valence-electron chi connectivity index (χ1n) is 8.33. The molecule has 2 heteroatoms. The van der Waals surface area contributed by atoms with E-state index < -0.39 is 0 Å². The number of aryl methyl sites for hydroxylation is 1. The topological polar surface area (TPSA) is 13.1 Å². The van der Waals surface area contributed by atoms with Gasteiger partial charge in [-0.3, -0.25) is 0 Å². The Morgan fingerprint density at radius 1 is 0.720 bits per heavy atom. The summed E-state index contributed by atoms with van der Waals surface area (Å²) in [6, 6.07) is 25.2. The number of benzene rings is 4. The van der Waals surface area contributed by atoms with E-state index in [1.807, 2.05) is 12.1 Å². The van der Waals surface area contributed by atoms with Gasteiger partial charge in [-0.05, 0) is 40.0 Å². The van der Waals surface area contributed by atoms with E-state index in [0.29, 0.717) is 0 Å². The van der Waals surface area contributed by atoms with Crippen LogP contribution in [0.2, 0.25) is 0 Å². The van der Waals surface area contributed by atoms with Gasteiger partial charge in [0.25, 0.3) is 0 Å². The van der Waals surface area contributed by atoms with Crippen molar-refractivity contribution in [3.63, 3.8) is 0 Å². The Hall–Kier alpha value is -2.58. The Balaban J connectivity index is 2.12. The molecule has 0 spiro atoms. The third-order valence-corrected chi connectivity index (χ3v) is 5.71. The molecule has 0 atom stereocenters. The minimum absolute atomic E-state index is 0.926. The number of halogens is 1. The van der Waals surface area contributed by atoms with E-state index in [4.69, 9.17) is 4.42 Å². The summed E-state index contributed by atoms with van der Waals surface area (Å²) in [7, 11) is 0.